The molecule has 1 fully saturated rings. The normalized spacial score (nSPS) is 19.8. The maximum atomic E-state index is 13.2. The first-order valence-corrected chi connectivity index (χ1v) is 12.5. The lowest BCUT2D eigenvalue weighted by Crippen LogP contribution is -2.31. The van der Waals surface area contributed by atoms with E-state index >= 15 is 0 Å². The number of aliphatic hydroxyl groups excluding tert-OH is 1. The first kappa shape index (κ1) is 26.5. The van der Waals surface area contributed by atoms with Crippen molar-refractivity contribution in [3.63, 3.8) is 0 Å². The first-order valence-electron chi connectivity index (χ1n) is 11.1. The Morgan fingerprint density at radius 3 is 2.86 bits per heavy atom. The van der Waals surface area contributed by atoms with E-state index in [-0.39, 0.29) is 42.2 Å². The summed E-state index contributed by atoms with van der Waals surface area (Å²) in [7, 11) is -2.79. The molecule has 1 aliphatic rings. The number of halogens is 2. The molecule has 4 rings (SSSR count). The van der Waals surface area contributed by atoms with Crippen LogP contribution in [0.5, 0.6) is 5.75 Å². The molecule has 1 saturated carbocycles. The molecule has 3 atom stereocenters. The second-order valence-corrected chi connectivity index (χ2v) is 9.72. The average Bonchev–Trinajstić information content (AvgIpc) is 3.44. The zero-order valence-corrected chi connectivity index (χ0v) is 20.3. The number of aliphatic hydroxyl groups is 1. The molecule has 0 amide bonds. The van der Waals surface area contributed by atoms with Crippen LogP contribution in [0.3, 0.4) is 0 Å². The maximum Gasteiger partial charge on any atom is 0.387 e. The number of alkyl halides is 2. The van der Waals surface area contributed by atoms with E-state index in [1.54, 1.807) is 18.3 Å². The summed E-state index contributed by atoms with van der Waals surface area (Å²) in [5, 5.41) is 17.6. The van der Waals surface area contributed by atoms with Gasteiger partial charge in [0.1, 0.15) is 29.7 Å². The van der Waals surface area contributed by atoms with Gasteiger partial charge >= 0.3 is 16.9 Å². The number of aromatic nitrogens is 4. The third kappa shape index (κ3) is 6.82. The second kappa shape index (κ2) is 11.2. The summed E-state index contributed by atoms with van der Waals surface area (Å²) in [4.78, 5) is 21.2. The number of ether oxygens (including phenoxy) is 1. The number of carbonyl (C=O) groups excluding carboxylic acids is 1. The minimum Gasteiger partial charge on any atom is -0.435 e. The fourth-order valence-corrected chi connectivity index (χ4v) is 4.56. The Morgan fingerprint density at radius 2 is 2.11 bits per heavy atom. The third-order valence-corrected chi connectivity index (χ3v) is 6.61. The minimum absolute atomic E-state index is 0.0151. The van der Waals surface area contributed by atoms with Crippen LogP contribution in [-0.4, -0.2) is 71.0 Å². The van der Waals surface area contributed by atoms with Gasteiger partial charge in [-0.3, -0.25) is 13.7 Å². The number of hydrogen-bond donors (Lipinski definition) is 3. The van der Waals surface area contributed by atoms with Gasteiger partial charge in [0.15, 0.2) is 0 Å². The summed E-state index contributed by atoms with van der Waals surface area (Å²) in [6, 6.07) is 7.24. The van der Waals surface area contributed by atoms with Gasteiger partial charge < -0.3 is 15.2 Å². The van der Waals surface area contributed by atoms with E-state index in [9.17, 15) is 27.1 Å². The summed E-state index contributed by atoms with van der Waals surface area (Å²) in [6.07, 6.45) is 2.47. The lowest BCUT2D eigenvalue weighted by atomic mass is 10.1. The summed E-state index contributed by atoms with van der Waals surface area (Å²) < 4.78 is 61.2. The highest BCUT2D eigenvalue weighted by Crippen LogP contribution is 2.28. The number of ketones is 1. The van der Waals surface area contributed by atoms with Crippen LogP contribution < -0.4 is 14.8 Å². The van der Waals surface area contributed by atoms with Crippen LogP contribution in [0.4, 0.5) is 14.6 Å². The molecule has 198 valence electrons. The third-order valence-electron chi connectivity index (χ3n) is 5.61. The summed E-state index contributed by atoms with van der Waals surface area (Å²) in [5.74, 6) is -0.261. The second-order valence-electron chi connectivity index (χ2n) is 8.21. The van der Waals surface area contributed by atoms with E-state index in [2.05, 4.69) is 25.1 Å². The van der Waals surface area contributed by atoms with Crippen LogP contribution in [-0.2, 0) is 21.0 Å². The molecule has 15 heteroatoms. The number of hydrogen-bond acceptors (Lipinski definition) is 10. The van der Waals surface area contributed by atoms with E-state index in [0.717, 1.165) is 0 Å². The molecule has 0 bridgehead atoms. The topological polar surface area (TPSA) is 158 Å². The lowest BCUT2D eigenvalue weighted by Gasteiger charge is -2.15. The molecule has 1 aliphatic carbocycles. The number of nitrogens with zero attached hydrogens (tertiary/aromatic N) is 4. The fraction of sp³-hybridized carbons (Fsp3) is 0.364. The fourth-order valence-electron chi connectivity index (χ4n) is 3.93. The molecule has 2 aromatic heterocycles. The Labute approximate surface area is 210 Å². The SMILES string of the molecule is CNS(=O)(=O)O[C@@H]1C[C@H](Nc2ncncc2C(=O)c2ccn(Cc3cccc(OC(F)F)c3)n2)C[C@@H]1O. The van der Waals surface area contributed by atoms with Gasteiger partial charge in [-0.2, -0.15) is 27.0 Å². The number of nitrogens with one attached hydrogen (secondary N) is 2. The van der Waals surface area contributed by atoms with Crippen LogP contribution in [0, 0.1) is 0 Å². The van der Waals surface area contributed by atoms with Gasteiger partial charge in [-0.1, -0.05) is 12.1 Å². The Bertz CT molecular complexity index is 1350. The average molecular weight is 539 g/mol. The molecule has 0 unspecified atom stereocenters. The highest BCUT2D eigenvalue weighted by molar-refractivity contribution is 7.84. The minimum atomic E-state index is -3.99. The standard InChI is InChI=1S/C22H24F2N6O6S/c1-25-37(33,34)36-19-9-14(8-18(19)31)28-21-16(10-26-12-27-21)20(32)17-5-6-30(29-17)11-13-3-2-4-15(7-13)35-22(23)24/h2-7,10,12,14,18-19,22,25,31H,8-9,11H2,1H3,(H,26,27,28)/t14-,18+,19-/m1/s1. The van der Waals surface area contributed by atoms with Crippen molar-refractivity contribution in [3.8, 4) is 5.75 Å². The molecule has 3 N–H and O–H groups in total. The smallest absolute Gasteiger partial charge is 0.387 e. The van der Waals surface area contributed by atoms with Crippen molar-refractivity contribution in [2.75, 3.05) is 12.4 Å². The van der Waals surface area contributed by atoms with Crippen LogP contribution in [0.25, 0.3) is 0 Å². The zero-order chi connectivity index (χ0) is 26.6. The largest absolute Gasteiger partial charge is 0.435 e. The van der Waals surface area contributed by atoms with Crippen LogP contribution >= 0.6 is 0 Å². The molecular weight excluding hydrogens is 514 g/mol. The molecule has 37 heavy (non-hydrogen) atoms. The molecule has 3 aromatic rings. The monoisotopic (exact) mass is 538 g/mol. The number of carbonyl (C=O) groups is 1. The molecule has 0 spiro atoms. The van der Waals surface area contributed by atoms with Crippen molar-refractivity contribution in [2.45, 2.75) is 44.2 Å². The number of rotatable bonds is 11. The molecule has 12 nitrogen and oxygen atoms in total. The van der Waals surface area contributed by atoms with E-state index in [1.807, 2.05) is 4.72 Å². The van der Waals surface area contributed by atoms with Crippen LogP contribution in [0.2, 0.25) is 0 Å². The molecule has 0 aliphatic heterocycles. The predicted octanol–water partition coefficient (Wildman–Crippen LogP) is 1.34. The first-order chi connectivity index (χ1) is 17.6. The molecule has 2 heterocycles. The Hall–Kier alpha value is -3.53. The number of anilines is 1. The predicted molar refractivity (Wildman–Crippen MR) is 125 cm³/mol. The molecule has 1 aromatic carbocycles. The quantitative estimate of drug-likeness (QED) is 0.304. The van der Waals surface area contributed by atoms with Gasteiger partial charge in [0.25, 0.3) is 0 Å². The van der Waals surface area contributed by atoms with Crippen molar-refractivity contribution in [2.24, 2.45) is 0 Å². The van der Waals surface area contributed by atoms with Gasteiger partial charge in [0.2, 0.25) is 5.78 Å². The van der Waals surface area contributed by atoms with Crippen molar-refractivity contribution in [1.29, 1.82) is 0 Å². The van der Waals surface area contributed by atoms with Crippen LogP contribution in [0.15, 0.2) is 49.1 Å². The van der Waals surface area contributed by atoms with Gasteiger partial charge in [0.05, 0.1) is 18.2 Å². The highest BCUT2D eigenvalue weighted by Gasteiger charge is 2.37. The number of benzene rings is 1. The summed E-state index contributed by atoms with van der Waals surface area (Å²) in [5.41, 5.74) is 0.870. The van der Waals surface area contributed by atoms with Crippen molar-refractivity contribution in [1.82, 2.24) is 24.5 Å². The lowest BCUT2D eigenvalue weighted by molar-refractivity contribution is -0.0498. The van der Waals surface area contributed by atoms with E-state index in [1.165, 1.54) is 42.5 Å². The molecule has 0 radical (unpaired) electrons. The van der Waals surface area contributed by atoms with Gasteiger partial charge in [-0.05, 0) is 36.6 Å². The Balaban J connectivity index is 1.45. The summed E-state index contributed by atoms with van der Waals surface area (Å²) in [6.45, 7) is -2.73. The zero-order valence-electron chi connectivity index (χ0n) is 19.5. The van der Waals surface area contributed by atoms with Crippen molar-refractivity contribution in [3.05, 3.63) is 65.9 Å². The maximum absolute atomic E-state index is 13.2. The van der Waals surface area contributed by atoms with E-state index in [0.29, 0.717) is 5.56 Å². The Kier molecular flexibility index (Phi) is 8.06. The van der Waals surface area contributed by atoms with E-state index in [4.69, 9.17) is 4.18 Å². The highest BCUT2D eigenvalue weighted by atomic mass is 32.2. The van der Waals surface area contributed by atoms with Crippen molar-refractivity contribution >= 4 is 21.9 Å². The Morgan fingerprint density at radius 1 is 1.30 bits per heavy atom. The van der Waals surface area contributed by atoms with Gasteiger partial charge in [-0.15, -0.1) is 0 Å². The molecular formula is C22H24F2N6O6S. The van der Waals surface area contributed by atoms with Crippen molar-refractivity contribution < 1.29 is 36.0 Å². The van der Waals surface area contributed by atoms with E-state index < -0.39 is 40.9 Å². The van der Waals surface area contributed by atoms with Crippen LogP contribution in [0.1, 0.15) is 34.5 Å². The van der Waals surface area contributed by atoms with Gasteiger partial charge in [0, 0.05) is 25.5 Å². The molecule has 0 saturated heterocycles. The summed E-state index contributed by atoms with van der Waals surface area (Å²) >= 11 is 0. The van der Waals surface area contributed by atoms with Gasteiger partial charge in [-0.25, -0.2) is 9.97 Å².